The largest absolute Gasteiger partial charge is 0.493 e. The molecule has 3 N–H and O–H groups in total. The van der Waals surface area contributed by atoms with Gasteiger partial charge >= 0.3 is 0 Å². The molecule has 1 aromatic heterocycles. The van der Waals surface area contributed by atoms with Crippen molar-refractivity contribution in [1.29, 1.82) is 0 Å². The summed E-state index contributed by atoms with van der Waals surface area (Å²) in [6.07, 6.45) is 3.87. The summed E-state index contributed by atoms with van der Waals surface area (Å²) in [4.78, 5) is 4.30. The van der Waals surface area contributed by atoms with Crippen molar-refractivity contribution in [2.75, 3.05) is 13.2 Å². The van der Waals surface area contributed by atoms with Gasteiger partial charge in [0.25, 0.3) is 0 Å². The van der Waals surface area contributed by atoms with E-state index >= 15 is 0 Å². The molecule has 108 valence electrons. The Morgan fingerprint density at radius 1 is 1.30 bits per heavy atom. The quantitative estimate of drug-likeness (QED) is 0.761. The molecule has 1 heterocycles. The van der Waals surface area contributed by atoms with Crippen LogP contribution < -0.4 is 10.5 Å². The molecule has 1 aromatic carbocycles. The van der Waals surface area contributed by atoms with Crippen LogP contribution in [0.3, 0.4) is 0 Å². The highest BCUT2D eigenvalue weighted by Crippen LogP contribution is 2.24. The van der Waals surface area contributed by atoms with Gasteiger partial charge in [0.2, 0.25) is 0 Å². The molecule has 0 saturated carbocycles. The summed E-state index contributed by atoms with van der Waals surface area (Å²) >= 11 is 0. The summed E-state index contributed by atoms with van der Waals surface area (Å²) in [6.45, 7) is 2.81. The Hall–Kier alpha value is -1.65. The lowest BCUT2D eigenvalue weighted by molar-refractivity contribution is 0.0309. The highest BCUT2D eigenvalue weighted by molar-refractivity contribution is 5.84. The van der Waals surface area contributed by atoms with E-state index in [-0.39, 0.29) is 0 Å². The van der Waals surface area contributed by atoms with Crippen molar-refractivity contribution >= 4 is 10.9 Å². The number of aromatic nitrogens is 1. The number of fused-ring (bicyclic) bond motifs is 1. The van der Waals surface area contributed by atoms with Crippen LogP contribution >= 0.6 is 0 Å². The third kappa shape index (κ3) is 3.46. The third-order valence-corrected chi connectivity index (χ3v) is 3.69. The Labute approximate surface area is 119 Å². The molecule has 4 nitrogen and oxygen atoms in total. The van der Waals surface area contributed by atoms with Crippen molar-refractivity contribution < 1.29 is 9.84 Å². The Morgan fingerprint density at radius 3 is 2.90 bits per heavy atom. The van der Waals surface area contributed by atoms with E-state index < -0.39 is 5.60 Å². The molecule has 0 bridgehead atoms. The predicted octanol–water partition coefficient (Wildman–Crippen LogP) is 2.49. The minimum atomic E-state index is -0.760. The van der Waals surface area contributed by atoms with E-state index in [2.05, 4.69) is 4.98 Å². The first-order valence-electron chi connectivity index (χ1n) is 7.07. The van der Waals surface area contributed by atoms with Crippen LogP contribution in [-0.2, 0) is 0 Å². The lowest BCUT2D eigenvalue weighted by atomic mass is 9.95. The zero-order chi connectivity index (χ0) is 14.4. The monoisotopic (exact) mass is 274 g/mol. The number of rotatable bonds is 7. The summed E-state index contributed by atoms with van der Waals surface area (Å²) in [7, 11) is 0. The number of aliphatic hydroxyl groups is 1. The molecule has 2 rings (SSSR count). The molecule has 0 aliphatic rings. The topological polar surface area (TPSA) is 68.4 Å². The predicted molar refractivity (Wildman–Crippen MR) is 80.8 cm³/mol. The zero-order valence-electron chi connectivity index (χ0n) is 11.9. The number of hydrogen-bond acceptors (Lipinski definition) is 4. The molecule has 0 amide bonds. The molecular weight excluding hydrogens is 252 g/mol. The fourth-order valence-electron chi connectivity index (χ4n) is 2.21. The maximum absolute atomic E-state index is 10.1. The van der Waals surface area contributed by atoms with Crippen LogP contribution in [0.25, 0.3) is 10.9 Å². The van der Waals surface area contributed by atoms with Gasteiger partial charge in [-0.3, -0.25) is 4.98 Å². The van der Waals surface area contributed by atoms with Gasteiger partial charge in [-0.2, -0.15) is 0 Å². The van der Waals surface area contributed by atoms with Gasteiger partial charge < -0.3 is 15.6 Å². The highest BCUT2D eigenvalue weighted by Gasteiger charge is 2.21. The molecule has 20 heavy (non-hydrogen) atoms. The van der Waals surface area contributed by atoms with Crippen molar-refractivity contribution in [3.8, 4) is 5.75 Å². The lowest BCUT2D eigenvalue weighted by Crippen LogP contribution is -2.37. The second-order valence-electron chi connectivity index (χ2n) is 5.06. The molecule has 1 atom stereocenters. The highest BCUT2D eigenvalue weighted by atomic mass is 16.5. The maximum atomic E-state index is 10.1. The summed E-state index contributed by atoms with van der Waals surface area (Å²) in [5.74, 6) is 0.836. The van der Waals surface area contributed by atoms with E-state index in [0.29, 0.717) is 26.0 Å². The molecule has 4 heteroatoms. The SMILES string of the molecule is CCC(O)(CN)CCCOc1cccc2ncccc12. The van der Waals surface area contributed by atoms with E-state index in [4.69, 9.17) is 10.5 Å². The Bertz CT molecular complexity index is 548. The van der Waals surface area contributed by atoms with Gasteiger partial charge in [0.1, 0.15) is 5.75 Å². The zero-order valence-corrected chi connectivity index (χ0v) is 11.9. The number of nitrogens with two attached hydrogens (primary N) is 1. The lowest BCUT2D eigenvalue weighted by Gasteiger charge is -2.24. The Balaban J connectivity index is 1.94. The molecule has 1 unspecified atom stereocenters. The maximum Gasteiger partial charge on any atom is 0.128 e. The first-order chi connectivity index (χ1) is 9.68. The number of hydrogen-bond donors (Lipinski definition) is 2. The number of benzene rings is 1. The van der Waals surface area contributed by atoms with Crippen LogP contribution in [0.2, 0.25) is 0 Å². The fourth-order valence-corrected chi connectivity index (χ4v) is 2.21. The smallest absolute Gasteiger partial charge is 0.128 e. The number of pyridine rings is 1. The standard InChI is InChI=1S/C16H22N2O2/c1-2-16(19,12-17)9-5-11-20-15-8-3-7-14-13(15)6-4-10-18-14/h3-4,6-8,10,19H,2,5,9,11-12,17H2,1H3. The molecule has 0 fully saturated rings. The summed E-state index contributed by atoms with van der Waals surface area (Å²) in [5, 5.41) is 11.1. The van der Waals surface area contributed by atoms with E-state index in [1.807, 2.05) is 37.3 Å². The van der Waals surface area contributed by atoms with Crippen molar-refractivity contribution in [2.24, 2.45) is 5.73 Å². The molecule has 0 spiro atoms. The summed E-state index contributed by atoms with van der Waals surface area (Å²) < 4.78 is 5.81. The molecular formula is C16H22N2O2. The van der Waals surface area contributed by atoms with Gasteiger partial charge in [0.05, 0.1) is 17.7 Å². The van der Waals surface area contributed by atoms with Crippen LogP contribution in [-0.4, -0.2) is 28.8 Å². The average Bonchev–Trinajstić information content (AvgIpc) is 2.51. The van der Waals surface area contributed by atoms with Gasteiger partial charge in [-0.15, -0.1) is 0 Å². The molecule has 0 saturated heterocycles. The first-order valence-corrected chi connectivity index (χ1v) is 7.07. The summed E-state index contributed by atoms with van der Waals surface area (Å²) in [6, 6.07) is 9.75. The third-order valence-electron chi connectivity index (χ3n) is 3.69. The first kappa shape index (κ1) is 14.8. The number of ether oxygens (including phenoxy) is 1. The van der Waals surface area contributed by atoms with E-state index in [9.17, 15) is 5.11 Å². The molecule has 0 aliphatic carbocycles. The Morgan fingerprint density at radius 2 is 2.15 bits per heavy atom. The van der Waals surface area contributed by atoms with Crippen molar-refractivity contribution in [3.63, 3.8) is 0 Å². The second-order valence-corrected chi connectivity index (χ2v) is 5.06. The minimum Gasteiger partial charge on any atom is -0.493 e. The van der Waals surface area contributed by atoms with Crippen LogP contribution in [0.4, 0.5) is 0 Å². The van der Waals surface area contributed by atoms with Crippen molar-refractivity contribution in [3.05, 3.63) is 36.5 Å². The van der Waals surface area contributed by atoms with Crippen LogP contribution in [0.15, 0.2) is 36.5 Å². The van der Waals surface area contributed by atoms with Gasteiger partial charge in [-0.05, 0) is 43.5 Å². The minimum absolute atomic E-state index is 0.293. The summed E-state index contributed by atoms with van der Waals surface area (Å²) in [5.41, 5.74) is 5.75. The fraction of sp³-hybridized carbons (Fsp3) is 0.438. The van der Waals surface area contributed by atoms with Gasteiger partial charge in [0, 0.05) is 18.1 Å². The van der Waals surface area contributed by atoms with Gasteiger partial charge in [0.15, 0.2) is 0 Å². The van der Waals surface area contributed by atoms with Crippen molar-refractivity contribution in [2.45, 2.75) is 31.8 Å². The Kier molecular flexibility index (Phi) is 4.93. The molecule has 0 radical (unpaired) electrons. The molecule has 2 aromatic rings. The van der Waals surface area contributed by atoms with E-state index in [1.54, 1.807) is 6.20 Å². The van der Waals surface area contributed by atoms with Crippen LogP contribution in [0, 0.1) is 0 Å². The van der Waals surface area contributed by atoms with Crippen LogP contribution in [0.5, 0.6) is 5.75 Å². The normalized spacial score (nSPS) is 14.2. The average molecular weight is 274 g/mol. The van der Waals surface area contributed by atoms with E-state index in [1.165, 1.54) is 0 Å². The number of nitrogens with zero attached hydrogens (tertiary/aromatic N) is 1. The van der Waals surface area contributed by atoms with Gasteiger partial charge in [-0.25, -0.2) is 0 Å². The van der Waals surface area contributed by atoms with E-state index in [0.717, 1.165) is 23.1 Å². The van der Waals surface area contributed by atoms with Crippen molar-refractivity contribution in [1.82, 2.24) is 4.98 Å². The van der Waals surface area contributed by atoms with Crippen LogP contribution in [0.1, 0.15) is 26.2 Å². The van der Waals surface area contributed by atoms with Gasteiger partial charge in [-0.1, -0.05) is 13.0 Å². The molecule has 0 aliphatic heterocycles. The second kappa shape index (κ2) is 6.68.